The van der Waals surface area contributed by atoms with Crippen LogP contribution in [0, 0.1) is 0 Å². The third-order valence-corrected chi connectivity index (χ3v) is 13.0. The van der Waals surface area contributed by atoms with E-state index in [1.165, 1.54) is 66.2 Å². The summed E-state index contributed by atoms with van der Waals surface area (Å²) in [4.78, 5) is 10.7. The van der Waals surface area contributed by atoms with Crippen molar-refractivity contribution in [3.05, 3.63) is 230 Å². The number of nitrogens with zero attached hydrogens (tertiary/aromatic N) is 4. The molecule has 3 aromatic heterocycles. The number of rotatable bonds is 6. The highest BCUT2D eigenvalue weighted by molar-refractivity contribution is 6.29. The van der Waals surface area contributed by atoms with Crippen LogP contribution in [0.4, 0.5) is 0 Å². The molecule has 1 aliphatic carbocycles. The molecule has 0 spiro atoms. The lowest BCUT2D eigenvalue weighted by Gasteiger charge is -2.16. The number of para-hydroxylation sites is 2. The summed E-state index contributed by atoms with van der Waals surface area (Å²) >= 11 is 0. The van der Waals surface area contributed by atoms with Gasteiger partial charge in [-0.15, -0.1) is 0 Å². The van der Waals surface area contributed by atoms with Gasteiger partial charge in [-0.1, -0.05) is 176 Å². The number of hydrogen-bond donors (Lipinski definition) is 0. The fourth-order valence-corrected chi connectivity index (χ4v) is 10.2. The topological polar surface area (TPSA) is 35.6 Å². The predicted molar refractivity (Wildman–Crippen MR) is 261 cm³/mol. The van der Waals surface area contributed by atoms with E-state index >= 15 is 0 Å². The lowest BCUT2D eigenvalue weighted by Crippen LogP contribution is -2.04. The molecule has 4 heteroatoms. The van der Waals surface area contributed by atoms with E-state index in [-0.39, 0.29) is 0 Å². The molecule has 1 aliphatic rings. The van der Waals surface area contributed by atoms with Crippen molar-refractivity contribution in [2.24, 2.45) is 0 Å². The van der Waals surface area contributed by atoms with Gasteiger partial charge in [0.15, 0.2) is 0 Å². The molecule has 0 saturated heterocycles. The van der Waals surface area contributed by atoms with Gasteiger partial charge in [-0.2, -0.15) is 0 Å². The monoisotopic (exact) mass is 802 g/mol. The Morgan fingerprint density at radius 3 is 1.35 bits per heavy atom. The summed E-state index contributed by atoms with van der Waals surface area (Å²) in [6.45, 7) is 0. The van der Waals surface area contributed by atoms with Gasteiger partial charge in [0.1, 0.15) is 0 Å². The van der Waals surface area contributed by atoms with Gasteiger partial charge in [-0.3, -0.25) is 4.57 Å². The lowest BCUT2D eigenvalue weighted by molar-refractivity contribution is 0.996. The maximum atomic E-state index is 5.33. The van der Waals surface area contributed by atoms with E-state index < -0.39 is 0 Å². The van der Waals surface area contributed by atoms with Crippen LogP contribution < -0.4 is 0 Å². The number of aromatic nitrogens is 4. The van der Waals surface area contributed by atoms with Crippen LogP contribution in [-0.2, 0) is 6.42 Å². The van der Waals surface area contributed by atoms with Crippen molar-refractivity contribution < 1.29 is 0 Å². The van der Waals surface area contributed by atoms with E-state index in [9.17, 15) is 0 Å². The number of fused-ring (bicyclic) bond motifs is 10. The van der Waals surface area contributed by atoms with E-state index in [0.717, 1.165) is 56.6 Å². The molecule has 13 rings (SSSR count). The second-order valence-electron chi connectivity index (χ2n) is 16.5. The average Bonchev–Trinajstić information content (AvgIpc) is 4.02. The molecule has 0 saturated carbocycles. The van der Waals surface area contributed by atoms with Crippen molar-refractivity contribution in [3.8, 4) is 67.5 Å². The van der Waals surface area contributed by atoms with Crippen LogP contribution in [0.1, 0.15) is 11.1 Å². The molecule has 4 nitrogen and oxygen atoms in total. The predicted octanol–water partition coefficient (Wildman–Crippen LogP) is 14.9. The Bertz CT molecular complexity index is 3680. The van der Waals surface area contributed by atoms with Crippen LogP contribution >= 0.6 is 0 Å². The summed E-state index contributed by atoms with van der Waals surface area (Å²) in [5.41, 5.74) is 19.9. The molecule has 0 radical (unpaired) electrons. The minimum Gasteiger partial charge on any atom is -0.309 e. The van der Waals surface area contributed by atoms with Crippen molar-refractivity contribution in [1.82, 2.24) is 19.1 Å². The molecule has 12 aromatic rings. The summed E-state index contributed by atoms with van der Waals surface area (Å²) in [5, 5.41) is 4.78. The Balaban J connectivity index is 1.09. The summed E-state index contributed by atoms with van der Waals surface area (Å²) in [6, 6.07) is 78.6. The van der Waals surface area contributed by atoms with Gasteiger partial charge in [0, 0.05) is 38.4 Å². The van der Waals surface area contributed by atoms with Gasteiger partial charge in [0.25, 0.3) is 0 Å². The van der Waals surface area contributed by atoms with Crippen molar-refractivity contribution in [3.63, 3.8) is 0 Å². The fraction of sp³-hybridized carbons (Fsp3) is 0.0169. The summed E-state index contributed by atoms with van der Waals surface area (Å²) < 4.78 is 4.75. The van der Waals surface area contributed by atoms with Gasteiger partial charge >= 0.3 is 0 Å². The first-order chi connectivity index (χ1) is 31.3. The highest BCUT2D eigenvalue weighted by atomic mass is 15.2. The molecule has 0 aliphatic heterocycles. The van der Waals surface area contributed by atoms with Crippen molar-refractivity contribution in [2.75, 3.05) is 0 Å². The Labute approximate surface area is 364 Å². The first-order valence-corrected chi connectivity index (χ1v) is 21.6. The Kier molecular flexibility index (Phi) is 7.94. The maximum Gasteiger partial charge on any atom is 0.235 e. The van der Waals surface area contributed by atoms with Crippen LogP contribution in [0.15, 0.2) is 218 Å². The molecule has 0 fully saturated rings. The van der Waals surface area contributed by atoms with Crippen LogP contribution in [0.25, 0.3) is 111 Å². The molecule has 0 amide bonds. The van der Waals surface area contributed by atoms with Crippen LogP contribution in [0.5, 0.6) is 0 Å². The molecule has 9 aromatic carbocycles. The highest BCUT2D eigenvalue weighted by Gasteiger charge is 2.28. The van der Waals surface area contributed by atoms with E-state index in [2.05, 4.69) is 215 Å². The third-order valence-electron chi connectivity index (χ3n) is 13.0. The Morgan fingerprint density at radius 2 is 0.762 bits per heavy atom. The van der Waals surface area contributed by atoms with Crippen molar-refractivity contribution in [1.29, 1.82) is 0 Å². The van der Waals surface area contributed by atoms with E-state index in [4.69, 9.17) is 9.97 Å². The number of hydrogen-bond acceptors (Lipinski definition) is 2. The molecular weight excluding hydrogens is 765 g/mol. The second-order valence-corrected chi connectivity index (χ2v) is 16.5. The number of benzene rings is 9. The van der Waals surface area contributed by atoms with Gasteiger partial charge in [0.05, 0.1) is 33.5 Å². The highest BCUT2D eigenvalue weighted by Crippen LogP contribution is 2.48. The van der Waals surface area contributed by atoms with Gasteiger partial charge in [-0.05, 0) is 93.4 Å². The maximum absolute atomic E-state index is 5.33. The quantitative estimate of drug-likeness (QED) is 0.168. The van der Waals surface area contributed by atoms with Crippen LogP contribution in [0.3, 0.4) is 0 Å². The van der Waals surface area contributed by atoms with Crippen molar-refractivity contribution >= 4 is 43.6 Å². The molecule has 294 valence electrons. The fourth-order valence-electron chi connectivity index (χ4n) is 10.2. The normalized spacial score (nSPS) is 12.1. The Hall–Kier alpha value is -8.34. The minimum absolute atomic E-state index is 0.643. The molecule has 0 N–H and O–H groups in total. The van der Waals surface area contributed by atoms with Gasteiger partial charge in [-0.25, -0.2) is 9.97 Å². The van der Waals surface area contributed by atoms with Gasteiger partial charge < -0.3 is 4.57 Å². The van der Waals surface area contributed by atoms with Gasteiger partial charge in [0.2, 0.25) is 5.95 Å². The summed E-state index contributed by atoms with van der Waals surface area (Å²) in [5.74, 6) is 0.643. The SMILES string of the molecule is c1ccc(-c2cc(-c3ccccc3)nc(-n3c4ccccc4c4c5c6ccccc6n(-c6cc(-c7ccccc7)c7c(c6)-c6cccc(-c8ccccc8)c6C7)c5ccc43)n2)cc1. The zero-order chi connectivity index (χ0) is 41.4. The molecule has 0 atom stereocenters. The van der Waals surface area contributed by atoms with Crippen molar-refractivity contribution in [2.45, 2.75) is 6.42 Å². The smallest absolute Gasteiger partial charge is 0.235 e. The summed E-state index contributed by atoms with van der Waals surface area (Å²) in [6.07, 6.45) is 0.882. The van der Waals surface area contributed by atoms with E-state index in [1.54, 1.807) is 0 Å². The average molecular weight is 803 g/mol. The van der Waals surface area contributed by atoms with Crippen LogP contribution in [0.2, 0.25) is 0 Å². The molecule has 63 heavy (non-hydrogen) atoms. The second kappa shape index (κ2) is 14.1. The minimum atomic E-state index is 0.643. The first-order valence-electron chi connectivity index (χ1n) is 21.6. The molecular formula is C59H38N4. The largest absolute Gasteiger partial charge is 0.309 e. The zero-order valence-electron chi connectivity index (χ0n) is 34.3. The molecule has 3 heterocycles. The lowest BCUT2D eigenvalue weighted by atomic mass is 9.94. The standard InChI is InChI=1S/C59H38N4/c1-5-18-38(19-6-1)43-28-17-29-44-48-35-42(34-47(50(48)36-49(43)44)39-20-7-2-8-21-39)62-53-30-15-13-26-45(53)57-55(62)32-33-56-58(57)46-27-14-16-31-54(46)63(56)59-60-51(40-22-9-3-10-23-40)37-52(61-59)41-24-11-4-12-25-41/h1-35,37H,36H2. The van der Waals surface area contributed by atoms with E-state index in [1.807, 2.05) is 12.1 Å². The molecule has 0 unspecified atom stereocenters. The molecule has 0 bridgehead atoms. The summed E-state index contributed by atoms with van der Waals surface area (Å²) in [7, 11) is 0. The van der Waals surface area contributed by atoms with E-state index in [0.29, 0.717) is 5.95 Å². The van der Waals surface area contributed by atoms with Crippen LogP contribution in [-0.4, -0.2) is 19.1 Å². The Morgan fingerprint density at radius 1 is 0.317 bits per heavy atom. The first kappa shape index (κ1) is 35.4. The third kappa shape index (κ3) is 5.55. The zero-order valence-corrected chi connectivity index (χ0v) is 34.3.